The van der Waals surface area contributed by atoms with Crippen LogP contribution in [-0.2, 0) is 4.79 Å². The van der Waals surface area contributed by atoms with Crippen molar-refractivity contribution in [2.24, 2.45) is 0 Å². The number of ether oxygens (including phenoxy) is 2. The molecule has 0 spiro atoms. The van der Waals surface area contributed by atoms with Gasteiger partial charge in [0.25, 0.3) is 0 Å². The van der Waals surface area contributed by atoms with E-state index in [1.165, 1.54) is 0 Å². The second-order valence-electron chi connectivity index (χ2n) is 7.95. The molecule has 0 radical (unpaired) electrons. The molecule has 1 atom stereocenters. The monoisotopic (exact) mass is 424 g/mol. The average molecular weight is 424 g/mol. The van der Waals surface area contributed by atoms with E-state index in [-0.39, 0.29) is 11.7 Å². The van der Waals surface area contributed by atoms with Crippen LogP contribution in [0.4, 0.5) is 0 Å². The molecule has 6 rings (SSSR count). The molecular formula is C25H20N4O3. The van der Waals surface area contributed by atoms with Crippen molar-refractivity contribution >= 4 is 11.4 Å². The number of carbonyl (C=O) groups excluding carboxylic acids is 1. The summed E-state index contributed by atoms with van der Waals surface area (Å²) in [5.74, 6) is 2.35. The molecule has 7 nitrogen and oxygen atoms in total. The van der Waals surface area contributed by atoms with Crippen molar-refractivity contribution in [2.45, 2.75) is 25.2 Å². The first-order valence-corrected chi connectivity index (χ1v) is 10.6. The van der Waals surface area contributed by atoms with Gasteiger partial charge in [-0.25, -0.2) is 14.5 Å². The number of rotatable bonds is 3. The first-order chi connectivity index (χ1) is 15.7. The van der Waals surface area contributed by atoms with Crippen LogP contribution >= 0.6 is 0 Å². The molecule has 0 saturated carbocycles. The zero-order chi connectivity index (χ0) is 21.7. The molecule has 7 heteroatoms. The molecule has 0 bridgehead atoms. The van der Waals surface area contributed by atoms with Crippen LogP contribution < -0.4 is 9.47 Å². The van der Waals surface area contributed by atoms with E-state index in [2.05, 4.69) is 10.1 Å². The number of benzene rings is 2. The van der Waals surface area contributed by atoms with Crippen LogP contribution in [0.2, 0.25) is 0 Å². The summed E-state index contributed by atoms with van der Waals surface area (Å²) in [5.41, 5.74) is 3.99. The lowest BCUT2D eigenvalue weighted by molar-refractivity contribution is -0.116. The summed E-state index contributed by atoms with van der Waals surface area (Å²) in [6.45, 7) is 0. The molecule has 1 aliphatic heterocycles. The van der Waals surface area contributed by atoms with Gasteiger partial charge in [0.15, 0.2) is 17.3 Å². The first kappa shape index (κ1) is 18.7. The quantitative estimate of drug-likeness (QED) is 0.487. The molecule has 4 aromatic rings. The maximum Gasteiger partial charge on any atom is 0.228 e. The van der Waals surface area contributed by atoms with Gasteiger partial charge in [-0.05, 0) is 24.1 Å². The molecule has 2 aromatic carbocycles. The zero-order valence-corrected chi connectivity index (χ0v) is 17.5. The van der Waals surface area contributed by atoms with Crippen molar-refractivity contribution in [3.8, 4) is 23.0 Å². The molecule has 1 aliphatic carbocycles. The van der Waals surface area contributed by atoms with Gasteiger partial charge in [-0.2, -0.15) is 0 Å². The number of aromatic nitrogens is 4. The van der Waals surface area contributed by atoms with Crippen molar-refractivity contribution in [1.29, 1.82) is 0 Å². The van der Waals surface area contributed by atoms with Crippen LogP contribution in [0.5, 0.6) is 11.6 Å². The van der Waals surface area contributed by atoms with Gasteiger partial charge in [0, 0.05) is 29.9 Å². The number of fused-ring (bicyclic) bond motifs is 3. The molecule has 0 saturated heterocycles. The molecule has 0 fully saturated rings. The molecule has 2 aliphatic rings. The van der Waals surface area contributed by atoms with Crippen molar-refractivity contribution in [3.05, 3.63) is 83.4 Å². The second kappa shape index (κ2) is 7.30. The lowest BCUT2D eigenvalue weighted by atomic mass is 9.78. The largest absolute Gasteiger partial charge is 0.497 e. The minimum absolute atomic E-state index is 0.113. The normalized spacial score (nSPS) is 17.7. The highest BCUT2D eigenvalue weighted by Gasteiger charge is 2.39. The fourth-order valence-electron chi connectivity index (χ4n) is 4.56. The highest BCUT2D eigenvalue weighted by molar-refractivity contribution is 6.00. The number of allylic oxidation sites excluding steroid dienone is 2. The molecule has 0 amide bonds. The summed E-state index contributed by atoms with van der Waals surface area (Å²) in [6.07, 6.45) is 3.65. The zero-order valence-electron chi connectivity index (χ0n) is 17.5. The van der Waals surface area contributed by atoms with E-state index in [0.717, 1.165) is 35.3 Å². The van der Waals surface area contributed by atoms with Crippen LogP contribution in [0.25, 0.3) is 17.0 Å². The number of nitrogens with zero attached hydrogens (tertiary/aromatic N) is 4. The Morgan fingerprint density at radius 3 is 2.66 bits per heavy atom. The SMILES string of the molecule is COc1ccc(C2C3=C(CCCC3=O)Oc3ncn4nc(-c5ccccc5)nc4c32)cc1. The van der Waals surface area contributed by atoms with E-state index in [1.54, 1.807) is 18.0 Å². The lowest BCUT2D eigenvalue weighted by Crippen LogP contribution is -2.26. The number of carbonyl (C=O) groups is 1. The van der Waals surface area contributed by atoms with Gasteiger partial charge in [-0.15, -0.1) is 5.10 Å². The number of Topliss-reactive ketones (excluding diaryl/α,β-unsaturated/α-hetero) is 1. The third-order valence-corrected chi connectivity index (χ3v) is 6.07. The van der Waals surface area contributed by atoms with Crippen molar-refractivity contribution in [1.82, 2.24) is 19.6 Å². The Morgan fingerprint density at radius 2 is 1.88 bits per heavy atom. The summed E-state index contributed by atoms with van der Waals surface area (Å²) in [6, 6.07) is 17.6. The fraction of sp³-hybridized carbons (Fsp3) is 0.200. The topological polar surface area (TPSA) is 78.6 Å². The third kappa shape index (κ3) is 2.89. The molecule has 1 unspecified atom stereocenters. The first-order valence-electron chi connectivity index (χ1n) is 10.6. The van der Waals surface area contributed by atoms with Crippen LogP contribution in [0.3, 0.4) is 0 Å². The summed E-state index contributed by atoms with van der Waals surface area (Å²) in [7, 11) is 1.64. The minimum Gasteiger partial charge on any atom is -0.497 e. The van der Waals surface area contributed by atoms with E-state index in [1.807, 2.05) is 54.6 Å². The smallest absolute Gasteiger partial charge is 0.228 e. The Labute approximate surface area is 184 Å². The number of hydrogen-bond donors (Lipinski definition) is 0. The summed E-state index contributed by atoms with van der Waals surface area (Å²) < 4.78 is 13.2. The van der Waals surface area contributed by atoms with E-state index < -0.39 is 0 Å². The molecule has 3 heterocycles. The Kier molecular flexibility index (Phi) is 4.28. The van der Waals surface area contributed by atoms with Gasteiger partial charge in [-0.3, -0.25) is 4.79 Å². The Hall–Kier alpha value is -4.00. The molecular weight excluding hydrogens is 404 g/mol. The second-order valence-corrected chi connectivity index (χ2v) is 7.95. The lowest BCUT2D eigenvalue weighted by Gasteiger charge is -2.32. The van der Waals surface area contributed by atoms with Crippen molar-refractivity contribution in [2.75, 3.05) is 7.11 Å². The van der Waals surface area contributed by atoms with Crippen LogP contribution in [-0.4, -0.2) is 32.5 Å². The van der Waals surface area contributed by atoms with Crippen molar-refractivity contribution in [3.63, 3.8) is 0 Å². The van der Waals surface area contributed by atoms with Gasteiger partial charge in [0.2, 0.25) is 5.88 Å². The van der Waals surface area contributed by atoms with E-state index in [9.17, 15) is 4.79 Å². The highest BCUT2D eigenvalue weighted by atomic mass is 16.5. The minimum atomic E-state index is -0.323. The maximum absolute atomic E-state index is 13.1. The van der Waals surface area contributed by atoms with Gasteiger partial charge >= 0.3 is 0 Å². The molecule has 0 N–H and O–H groups in total. The van der Waals surface area contributed by atoms with Crippen molar-refractivity contribution < 1.29 is 14.3 Å². The van der Waals surface area contributed by atoms with Crippen LogP contribution in [0.1, 0.15) is 36.3 Å². The predicted octanol–water partition coefficient (Wildman–Crippen LogP) is 4.33. The number of ketones is 1. The number of methoxy groups -OCH3 is 1. The van der Waals surface area contributed by atoms with Crippen LogP contribution in [0.15, 0.2) is 72.3 Å². The summed E-state index contributed by atoms with van der Waals surface area (Å²) in [4.78, 5) is 22.5. The third-order valence-electron chi connectivity index (χ3n) is 6.07. The Morgan fingerprint density at radius 1 is 1.06 bits per heavy atom. The Bertz CT molecular complexity index is 1370. The van der Waals surface area contributed by atoms with Gasteiger partial charge in [-0.1, -0.05) is 42.5 Å². The maximum atomic E-state index is 13.1. The molecule has 158 valence electrons. The fourth-order valence-corrected chi connectivity index (χ4v) is 4.56. The van der Waals surface area contributed by atoms with E-state index in [0.29, 0.717) is 35.1 Å². The summed E-state index contributed by atoms with van der Waals surface area (Å²) in [5, 5.41) is 4.64. The Balaban J connectivity index is 1.59. The standard InChI is InChI=1S/C25H20N4O3/c1-31-17-12-10-15(11-13-17)20-21-18(30)8-5-9-19(21)32-25-22(20)24-27-23(28-29(24)14-26-25)16-6-3-2-4-7-16/h2-4,6-7,10-14,20H,5,8-9H2,1H3. The van der Waals surface area contributed by atoms with Gasteiger partial charge in [0.05, 0.1) is 12.7 Å². The average Bonchev–Trinajstić information content (AvgIpc) is 3.28. The van der Waals surface area contributed by atoms with Crippen LogP contribution in [0, 0.1) is 0 Å². The predicted molar refractivity (Wildman–Crippen MR) is 118 cm³/mol. The van der Waals surface area contributed by atoms with E-state index in [4.69, 9.17) is 14.5 Å². The van der Waals surface area contributed by atoms with Gasteiger partial charge in [0.1, 0.15) is 17.8 Å². The number of hydrogen-bond acceptors (Lipinski definition) is 6. The molecule has 2 aromatic heterocycles. The highest BCUT2D eigenvalue weighted by Crippen LogP contribution is 2.47. The summed E-state index contributed by atoms with van der Waals surface area (Å²) >= 11 is 0. The molecule has 32 heavy (non-hydrogen) atoms. The van der Waals surface area contributed by atoms with Gasteiger partial charge < -0.3 is 9.47 Å². The van der Waals surface area contributed by atoms with E-state index >= 15 is 0 Å².